The van der Waals surface area contributed by atoms with Crippen molar-refractivity contribution < 1.29 is 14.3 Å². The monoisotopic (exact) mass is 586 g/mol. The summed E-state index contributed by atoms with van der Waals surface area (Å²) in [6, 6.07) is 25.2. The zero-order valence-corrected chi connectivity index (χ0v) is 26.1. The average molecular weight is 587 g/mol. The van der Waals surface area contributed by atoms with Gasteiger partial charge in [-0.05, 0) is 128 Å². The fourth-order valence-electron chi connectivity index (χ4n) is 4.54. The van der Waals surface area contributed by atoms with E-state index in [2.05, 4.69) is 118 Å². The second kappa shape index (κ2) is 16.3. The van der Waals surface area contributed by atoms with E-state index in [-0.39, 0.29) is 5.97 Å². The number of aryl methyl sites for hydroxylation is 2. The molecule has 0 saturated heterocycles. The lowest BCUT2D eigenvalue weighted by Gasteiger charge is -2.08. The molecule has 0 unspecified atom stereocenters. The molecule has 0 aromatic heterocycles. The number of hydrogen-bond acceptors (Lipinski definition) is 4. The molecule has 0 spiro atoms. The number of hydrogen-bond donors (Lipinski definition) is 0. The number of carbonyl (C=O) groups excluding carboxylic acids is 1. The lowest BCUT2D eigenvalue weighted by Crippen LogP contribution is -2.02. The Kier molecular flexibility index (Phi) is 12.0. The third-order valence-electron chi connectivity index (χ3n) is 6.95. The number of fused-ring (bicyclic) bond motifs is 1. The summed E-state index contributed by atoms with van der Waals surface area (Å²) in [5, 5.41) is 2.26. The molecular formula is C39H38O3S. The Morgan fingerprint density at radius 3 is 2.02 bits per heavy atom. The molecule has 43 heavy (non-hydrogen) atoms. The van der Waals surface area contributed by atoms with Gasteiger partial charge in [0, 0.05) is 33.2 Å². The van der Waals surface area contributed by atoms with Crippen LogP contribution in [0.2, 0.25) is 0 Å². The third kappa shape index (κ3) is 9.85. The van der Waals surface area contributed by atoms with Gasteiger partial charge in [-0.2, -0.15) is 0 Å². The van der Waals surface area contributed by atoms with Gasteiger partial charge >= 0.3 is 5.97 Å². The standard InChI is InChI=1S/C39H38O3S/c1-5-39(40)42-24-10-8-7-9-23-41-37-20-19-35-27-32(13-18-36(35)28-37)12-17-34-26-29(3)33(25-30(34)4)16-11-31-14-21-38(22-15-31)43-6-2/h5,13-15,18-22,25-28H,1,6-10,23-24H2,2-4H3. The highest BCUT2D eigenvalue weighted by molar-refractivity contribution is 7.99. The maximum absolute atomic E-state index is 11.0. The molecule has 3 nitrogen and oxygen atoms in total. The van der Waals surface area contributed by atoms with Crippen molar-refractivity contribution in [3.8, 4) is 29.4 Å². The minimum Gasteiger partial charge on any atom is -0.494 e. The number of rotatable bonds is 11. The van der Waals surface area contributed by atoms with Gasteiger partial charge in [0.1, 0.15) is 5.75 Å². The zero-order valence-electron chi connectivity index (χ0n) is 25.3. The van der Waals surface area contributed by atoms with Gasteiger partial charge in [-0.15, -0.1) is 11.8 Å². The summed E-state index contributed by atoms with van der Waals surface area (Å²) in [5.74, 6) is 14.9. The average Bonchev–Trinajstić information content (AvgIpc) is 3.02. The van der Waals surface area contributed by atoms with Gasteiger partial charge in [0.2, 0.25) is 0 Å². The van der Waals surface area contributed by atoms with E-state index in [1.165, 1.54) is 11.0 Å². The fourth-order valence-corrected chi connectivity index (χ4v) is 5.20. The van der Waals surface area contributed by atoms with Crippen LogP contribution in [0.1, 0.15) is 66.0 Å². The van der Waals surface area contributed by atoms with E-state index in [9.17, 15) is 4.79 Å². The Hall–Kier alpha value is -4.38. The molecule has 4 heteroatoms. The van der Waals surface area contributed by atoms with Gasteiger partial charge in [0.25, 0.3) is 0 Å². The van der Waals surface area contributed by atoms with Crippen molar-refractivity contribution in [1.29, 1.82) is 0 Å². The Labute approximate surface area is 260 Å². The van der Waals surface area contributed by atoms with E-state index in [0.29, 0.717) is 13.2 Å². The van der Waals surface area contributed by atoms with Crippen molar-refractivity contribution in [3.05, 3.63) is 119 Å². The van der Waals surface area contributed by atoms with Crippen molar-refractivity contribution in [2.75, 3.05) is 19.0 Å². The van der Waals surface area contributed by atoms with Crippen LogP contribution in [0.25, 0.3) is 10.8 Å². The molecule has 0 fully saturated rings. The summed E-state index contributed by atoms with van der Waals surface area (Å²) in [6.07, 6.45) is 5.04. The van der Waals surface area contributed by atoms with Gasteiger partial charge in [-0.1, -0.05) is 49.3 Å². The molecule has 4 aromatic carbocycles. The van der Waals surface area contributed by atoms with Gasteiger partial charge in [0.05, 0.1) is 13.2 Å². The molecule has 0 heterocycles. The molecule has 0 bridgehead atoms. The van der Waals surface area contributed by atoms with Crippen molar-refractivity contribution >= 4 is 28.5 Å². The van der Waals surface area contributed by atoms with Gasteiger partial charge in [-0.25, -0.2) is 4.79 Å². The van der Waals surface area contributed by atoms with Crippen LogP contribution in [0, 0.1) is 37.5 Å². The Bertz CT molecular complexity index is 1690. The van der Waals surface area contributed by atoms with Crippen LogP contribution in [0.4, 0.5) is 0 Å². The third-order valence-corrected chi connectivity index (χ3v) is 7.84. The summed E-state index contributed by atoms with van der Waals surface area (Å²) in [5.41, 5.74) is 6.30. The van der Waals surface area contributed by atoms with Crippen molar-refractivity contribution in [1.82, 2.24) is 0 Å². The first-order valence-electron chi connectivity index (χ1n) is 14.8. The van der Waals surface area contributed by atoms with E-state index in [4.69, 9.17) is 9.47 Å². The van der Waals surface area contributed by atoms with Crippen molar-refractivity contribution in [2.24, 2.45) is 0 Å². The minimum atomic E-state index is -0.361. The molecule has 0 radical (unpaired) electrons. The Balaban J connectivity index is 1.33. The highest BCUT2D eigenvalue weighted by atomic mass is 32.2. The number of thioether (sulfide) groups is 1. The van der Waals surface area contributed by atoms with Gasteiger partial charge in [-0.3, -0.25) is 0 Å². The van der Waals surface area contributed by atoms with E-state index < -0.39 is 0 Å². The largest absolute Gasteiger partial charge is 0.494 e. The van der Waals surface area contributed by atoms with Crippen LogP contribution >= 0.6 is 11.8 Å². The number of carbonyl (C=O) groups is 1. The zero-order chi connectivity index (χ0) is 30.4. The molecule has 0 amide bonds. The first-order chi connectivity index (χ1) is 20.9. The molecule has 4 aromatic rings. The van der Waals surface area contributed by atoms with E-state index in [1.54, 1.807) is 0 Å². The number of unbranched alkanes of at least 4 members (excludes halogenated alkanes) is 3. The first-order valence-corrected chi connectivity index (χ1v) is 15.8. The van der Waals surface area contributed by atoms with E-state index >= 15 is 0 Å². The number of benzene rings is 4. The maximum Gasteiger partial charge on any atom is 0.330 e. The van der Waals surface area contributed by atoms with Crippen LogP contribution in [-0.2, 0) is 9.53 Å². The van der Waals surface area contributed by atoms with E-state index in [1.807, 2.05) is 17.8 Å². The minimum absolute atomic E-state index is 0.361. The topological polar surface area (TPSA) is 35.5 Å². The summed E-state index contributed by atoms with van der Waals surface area (Å²) in [4.78, 5) is 12.3. The molecule has 0 aliphatic rings. The smallest absolute Gasteiger partial charge is 0.330 e. The molecule has 0 aliphatic heterocycles. The second-order valence-electron chi connectivity index (χ2n) is 10.3. The molecule has 4 rings (SSSR count). The first kappa shape index (κ1) is 31.6. The lowest BCUT2D eigenvalue weighted by molar-refractivity contribution is -0.137. The summed E-state index contributed by atoms with van der Waals surface area (Å²) in [7, 11) is 0. The Morgan fingerprint density at radius 1 is 0.744 bits per heavy atom. The SMILES string of the molecule is C=CC(=O)OCCCCCCOc1ccc2cc(C#Cc3cc(C)c(C#Cc4ccc(SCC)cc4)cc3C)ccc2c1. The molecule has 0 aliphatic carbocycles. The lowest BCUT2D eigenvalue weighted by atomic mass is 9.99. The quantitative estimate of drug-likeness (QED) is 0.0578. The maximum atomic E-state index is 11.0. The molecule has 0 atom stereocenters. The molecule has 218 valence electrons. The summed E-state index contributed by atoms with van der Waals surface area (Å²) >= 11 is 1.84. The highest BCUT2D eigenvalue weighted by Gasteiger charge is 2.03. The van der Waals surface area contributed by atoms with Crippen LogP contribution in [-0.4, -0.2) is 24.9 Å². The number of esters is 1. The van der Waals surface area contributed by atoms with Crippen LogP contribution in [0.3, 0.4) is 0 Å². The molecule has 0 saturated carbocycles. The van der Waals surface area contributed by atoms with Gasteiger partial charge < -0.3 is 9.47 Å². The number of ether oxygens (including phenoxy) is 2. The predicted molar refractivity (Wildman–Crippen MR) is 180 cm³/mol. The highest BCUT2D eigenvalue weighted by Crippen LogP contribution is 2.23. The fraction of sp³-hybridized carbons (Fsp3) is 0.256. The normalized spacial score (nSPS) is 10.3. The second-order valence-corrected chi connectivity index (χ2v) is 11.6. The van der Waals surface area contributed by atoms with E-state index in [0.717, 1.165) is 81.3 Å². The Morgan fingerprint density at radius 2 is 1.35 bits per heavy atom. The van der Waals surface area contributed by atoms with Crippen LogP contribution in [0.15, 0.2) is 90.3 Å². The van der Waals surface area contributed by atoms with Crippen LogP contribution in [0.5, 0.6) is 5.75 Å². The van der Waals surface area contributed by atoms with Crippen molar-refractivity contribution in [3.63, 3.8) is 0 Å². The van der Waals surface area contributed by atoms with Gasteiger partial charge in [0.15, 0.2) is 0 Å². The molecular weight excluding hydrogens is 548 g/mol. The van der Waals surface area contributed by atoms with Crippen molar-refractivity contribution in [2.45, 2.75) is 51.3 Å². The summed E-state index contributed by atoms with van der Waals surface area (Å²) in [6.45, 7) is 10.8. The van der Waals surface area contributed by atoms with Crippen LogP contribution < -0.4 is 4.74 Å². The molecule has 0 N–H and O–H groups in total. The predicted octanol–water partition coefficient (Wildman–Crippen LogP) is 9.04. The summed E-state index contributed by atoms with van der Waals surface area (Å²) < 4.78 is 11.0.